The minimum absolute atomic E-state index is 0.103. The number of aromatic amines is 1. The summed E-state index contributed by atoms with van der Waals surface area (Å²) in [6, 6.07) is 19.8. The van der Waals surface area contributed by atoms with Gasteiger partial charge in [0, 0.05) is 29.0 Å². The number of aryl methyl sites for hydroxylation is 1. The summed E-state index contributed by atoms with van der Waals surface area (Å²) in [5.41, 5.74) is 4.48. The number of nitriles is 1. The van der Waals surface area contributed by atoms with Crippen LogP contribution in [0.15, 0.2) is 70.6 Å². The summed E-state index contributed by atoms with van der Waals surface area (Å²) >= 11 is 4.08. The van der Waals surface area contributed by atoms with Crippen molar-refractivity contribution in [2.45, 2.75) is 51.5 Å². The van der Waals surface area contributed by atoms with E-state index in [1.807, 2.05) is 88.4 Å². The molecule has 2 heterocycles. The maximum absolute atomic E-state index is 9.59. The molecular weight excluding hydrogens is 454 g/mol. The van der Waals surface area contributed by atoms with Crippen LogP contribution in [0, 0.1) is 18.3 Å². The van der Waals surface area contributed by atoms with Crippen molar-refractivity contribution in [1.82, 2.24) is 4.98 Å². The first-order valence-corrected chi connectivity index (χ1v) is 12.4. The molecule has 1 fully saturated rings. The van der Waals surface area contributed by atoms with E-state index in [1.54, 1.807) is 0 Å². The van der Waals surface area contributed by atoms with Gasteiger partial charge in [-0.2, -0.15) is 5.26 Å². The van der Waals surface area contributed by atoms with Gasteiger partial charge in [0.1, 0.15) is 23.7 Å². The first kappa shape index (κ1) is 28.0. The summed E-state index contributed by atoms with van der Waals surface area (Å²) < 4.78 is 11.4. The summed E-state index contributed by atoms with van der Waals surface area (Å²) in [5, 5.41) is 9.59. The number of aromatic nitrogens is 1. The number of hydrogen-bond donors (Lipinski definition) is 2. The highest BCUT2D eigenvalue weighted by Gasteiger charge is 2.18. The summed E-state index contributed by atoms with van der Waals surface area (Å²) in [7, 11) is 0. The molecule has 1 aliphatic heterocycles. The lowest BCUT2D eigenvalue weighted by Gasteiger charge is -2.24. The molecule has 2 aromatic carbocycles. The van der Waals surface area contributed by atoms with Crippen LogP contribution >= 0.6 is 12.6 Å². The Morgan fingerprint density at radius 1 is 1.17 bits per heavy atom. The highest BCUT2D eigenvalue weighted by atomic mass is 32.1. The average molecular weight is 490 g/mol. The minimum Gasteiger partial charge on any atom is -0.489 e. The number of nitrogens with one attached hydrogen (secondary N) is 1. The molecule has 0 aliphatic carbocycles. The molecule has 0 spiro atoms. The predicted molar refractivity (Wildman–Crippen MR) is 148 cm³/mol. The molecule has 0 bridgehead atoms. The van der Waals surface area contributed by atoms with E-state index in [9.17, 15) is 5.26 Å². The van der Waals surface area contributed by atoms with Crippen molar-refractivity contribution in [3.8, 4) is 11.8 Å². The van der Waals surface area contributed by atoms with Crippen molar-refractivity contribution in [2.24, 2.45) is 4.99 Å². The van der Waals surface area contributed by atoms with Gasteiger partial charge in [-0.05, 0) is 62.0 Å². The molecule has 6 heteroatoms. The molecule has 0 amide bonds. The van der Waals surface area contributed by atoms with E-state index in [4.69, 9.17) is 9.47 Å². The van der Waals surface area contributed by atoms with Gasteiger partial charge in [0.25, 0.3) is 0 Å². The Morgan fingerprint density at radius 2 is 1.86 bits per heavy atom. The van der Waals surface area contributed by atoms with Crippen molar-refractivity contribution in [3.05, 3.63) is 83.1 Å². The molecule has 1 saturated heterocycles. The van der Waals surface area contributed by atoms with Crippen LogP contribution in [-0.2, 0) is 4.74 Å². The van der Waals surface area contributed by atoms with Crippen molar-refractivity contribution in [1.29, 1.82) is 5.26 Å². The number of allylic oxidation sites excluding steroid dienone is 1. The Hall–Kier alpha value is -3.27. The smallest absolute Gasteiger partial charge is 0.137 e. The van der Waals surface area contributed by atoms with E-state index in [0.717, 1.165) is 45.9 Å². The molecule has 0 radical (unpaired) electrons. The predicted octanol–water partition coefficient (Wildman–Crippen LogP) is 7.54. The van der Waals surface area contributed by atoms with Gasteiger partial charge in [-0.1, -0.05) is 44.2 Å². The lowest BCUT2D eigenvalue weighted by Crippen LogP contribution is -2.26. The fourth-order valence-electron chi connectivity index (χ4n) is 3.67. The zero-order chi connectivity index (χ0) is 25.6. The fourth-order valence-corrected chi connectivity index (χ4v) is 3.84. The summed E-state index contributed by atoms with van der Waals surface area (Å²) in [5.74, 6) is 1.36. The van der Waals surface area contributed by atoms with Crippen LogP contribution in [-0.4, -0.2) is 31.0 Å². The highest BCUT2D eigenvalue weighted by Crippen LogP contribution is 2.34. The lowest BCUT2D eigenvalue weighted by atomic mass is 9.97. The standard InChI is InChI=1S/C21H23N3O2.C6H6S.C2H6/c1-4-18(19-11-14(2)24-21(19)23-3)15-5-6-20(16(12-15)13-22)26-17-7-9-25-10-8-17;7-6-4-2-1-3-5-6;1-2/h4-6,11-12,17,24H,3,7-10H2,1-2H3;1-5,7H;1-2H3/b18-4-;;. The number of hydrogen-bond acceptors (Lipinski definition) is 5. The molecule has 184 valence electrons. The first-order valence-electron chi connectivity index (χ1n) is 11.9. The maximum Gasteiger partial charge on any atom is 0.137 e. The molecule has 0 atom stereocenters. The zero-order valence-electron chi connectivity index (χ0n) is 21.0. The number of H-pyrrole nitrogens is 1. The molecule has 1 aliphatic rings. The third-order valence-corrected chi connectivity index (χ3v) is 5.60. The largest absolute Gasteiger partial charge is 0.489 e. The average Bonchev–Trinajstić information content (AvgIpc) is 3.28. The minimum atomic E-state index is 0.103. The van der Waals surface area contributed by atoms with Gasteiger partial charge in [0.2, 0.25) is 0 Å². The molecular formula is C29H35N3O2S. The van der Waals surface area contributed by atoms with Gasteiger partial charge in [-0.25, -0.2) is 4.99 Å². The Labute approximate surface area is 214 Å². The second kappa shape index (κ2) is 14.9. The summed E-state index contributed by atoms with van der Waals surface area (Å²) in [6.45, 7) is 13.0. The fraction of sp³-hybridized carbons (Fsp3) is 0.310. The quantitative estimate of drug-likeness (QED) is 0.287. The second-order valence-corrected chi connectivity index (χ2v) is 8.18. The first-order chi connectivity index (χ1) is 17.0. The highest BCUT2D eigenvalue weighted by molar-refractivity contribution is 7.80. The summed E-state index contributed by atoms with van der Waals surface area (Å²) in [6.07, 6.45) is 3.83. The van der Waals surface area contributed by atoms with E-state index >= 15 is 0 Å². The van der Waals surface area contributed by atoms with Gasteiger partial charge in [0.15, 0.2) is 0 Å². The van der Waals surface area contributed by atoms with E-state index in [-0.39, 0.29) is 6.10 Å². The van der Waals surface area contributed by atoms with E-state index in [1.165, 1.54) is 0 Å². The SMILES string of the molecule is C=Nc1[nH]c(C)cc1/C(=C\C)c1ccc(OC2CCOCC2)c(C#N)c1.CC.Sc1ccccc1. The van der Waals surface area contributed by atoms with Crippen LogP contribution in [0.3, 0.4) is 0 Å². The normalized spacial score (nSPS) is 13.4. The Kier molecular flexibility index (Phi) is 11.9. The van der Waals surface area contributed by atoms with Gasteiger partial charge in [-0.15, -0.1) is 12.6 Å². The summed E-state index contributed by atoms with van der Waals surface area (Å²) in [4.78, 5) is 8.29. The van der Waals surface area contributed by atoms with E-state index in [2.05, 4.69) is 35.4 Å². The van der Waals surface area contributed by atoms with Crippen LogP contribution in [0.1, 0.15) is 56.0 Å². The lowest BCUT2D eigenvalue weighted by molar-refractivity contribution is 0.0254. The molecule has 1 aromatic heterocycles. The number of thiol groups is 1. The molecule has 5 nitrogen and oxygen atoms in total. The number of ether oxygens (including phenoxy) is 2. The second-order valence-electron chi connectivity index (χ2n) is 7.66. The van der Waals surface area contributed by atoms with E-state index < -0.39 is 0 Å². The van der Waals surface area contributed by atoms with Crippen LogP contribution in [0.4, 0.5) is 5.82 Å². The zero-order valence-corrected chi connectivity index (χ0v) is 21.9. The topological polar surface area (TPSA) is 70.4 Å². The van der Waals surface area contributed by atoms with Crippen molar-refractivity contribution in [3.63, 3.8) is 0 Å². The van der Waals surface area contributed by atoms with Crippen LogP contribution in [0.25, 0.3) is 5.57 Å². The molecule has 3 aromatic rings. The van der Waals surface area contributed by atoms with E-state index in [0.29, 0.717) is 24.5 Å². The van der Waals surface area contributed by atoms with Gasteiger partial charge in [-0.3, -0.25) is 0 Å². The van der Waals surface area contributed by atoms with Crippen molar-refractivity contribution < 1.29 is 9.47 Å². The Morgan fingerprint density at radius 3 is 2.40 bits per heavy atom. The third kappa shape index (κ3) is 8.17. The monoisotopic (exact) mass is 489 g/mol. The molecule has 0 saturated carbocycles. The van der Waals surface area contributed by atoms with Crippen molar-refractivity contribution >= 4 is 30.7 Å². The number of aliphatic imine (C=N–C) groups is 1. The van der Waals surface area contributed by atoms with Gasteiger partial charge in [0.05, 0.1) is 18.8 Å². The molecule has 4 rings (SSSR count). The number of nitrogens with zero attached hydrogens (tertiary/aromatic N) is 2. The van der Waals surface area contributed by atoms with Crippen molar-refractivity contribution in [2.75, 3.05) is 13.2 Å². The maximum atomic E-state index is 9.59. The Bertz CT molecular complexity index is 1140. The van der Waals surface area contributed by atoms with Crippen LogP contribution < -0.4 is 4.74 Å². The van der Waals surface area contributed by atoms with Crippen LogP contribution in [0.2, 0.25) is 0 Å². The molecule has 1 N–H and O–H groups in total. The molecule has 0 unspecified atom stereocenters. The number of rotatable bonds is 5. The van der Waals surface area contributed by atoms with Crippen LogP contribution in [0.5, 0.6) is 5.75 Å². The third-order valence-electron chi connectivity index (χ3n) is 5.30. The van der Waals surface area contributed by atoms with Gasteiger partial charge < -0.3 is 14.5 Å². The number of benzene rings is 2. The Balaban J connectivity index is 0.000000407. The van der Waals surface area contributed by atoms with Gasteiger partial charge >= 0.3 is 0 Å². The molecule has 35 heavy (non-hydrogen) atoms.